The number of benzene rings is 1. The third-order valence-corrected chi connectivity index (χ3v) is 3.54. The van der Waals surface area contributed by atoms with E-state index < -0.39 is 0 Å². The van der Waals surface area contributed by atoms with E-state index >= 15 is 0 Å². The zero-order valence-corrected chi connectivity index (χ0v) is 11.4. The van der Waals surface area contributed by atoms with Crippen LogP contribution in [0.25, 0.3) is 0 Å². The summed E-state index contributed by atoms with van der Waals surface area (Å²) < 4.78 is 10.9. The third-order valence-electron chi connectivity index (χ3n) is 2.41. The molecule has 0 radical (unpaired) electrons. The zero-order valence-electron chi connectivity index (χ0n) is 9.85. The molecule has 0 atom stereocenters. The molecule has 5 heteroatoms. The summed E-state index contributed by atoms with van der Waals surface area (Å²) in [5.74, 6) is 1.04. The van der Waals surface area contributed by atoms with Gasteiger partial charge in [0.15, 0.2) is 11.5 Å². The first-order chi connectivity index (χ1) is 8.74. The van der Waals surface area contributed by atoms with Gasteiger partial charge < -0.3 is 14.6 Å². The molecule has 0 amide bonds. The third kappa shape index (κ3) is 2.96. The summed E-state index contributed by atoms with van der Waals surface area (Å²) >= 11 is 7.74. The van der Waals surface area contributed by atoms with Gasteiger partial charge in [-0.1, -0.05) is 17.7 Å². The fourth-order valence-corrected chi connectivity index (χ4v) is 2.45. The van der Waals surface area contributed by atoms with Gasteiger partial charge in [-0.25, -0.2) is 0 Å². The lowest BCUT2D eigenvalue weighted by atomic mass is 10.2. The molecule has 1 heterocycles. The Morgan fingerprint density at radius 1 is 1.39 bits per heavy atom. The zero-order chi connectivity index (χ0) is 13.0. The van der Waals surface area contributed by atoms with E-state index in [9.17, 15) is 0 Å². The number of rotatable bonds is 5. The number of hydrogen-bond donors (Lipinski definition) is 1. The molecule has 96 valence electrons. The van der Waals surface area contributed by atoms with Crippen molar-refractivity contribution in [3.05, 3.63) is 45.1 Å². The van der Waals surface area contributed by atoms with Crippen molar-refractivity contribution in [1.82, 2.24) is 0 Å². The lowest BCUT2D eigenvalue weighted by molar-refractivity contribution is 0.275. The first-order valence-corrected chi connectivity index (χ1v) is 6.62. The number of methoxy groups -OCH3 is 1. The molecule has 0 aliphatic carbocycles. The average molecular weight is 285 g/mol. The maximum absolute atomic E-state index is 9.10. The van der Waals surface area contributed by atoms with Crippen molar-refractivity contribution in [3.63, 3.8) is 0 Å². The molecule has 0 spiro atoms. The van der Waals surface area contributed by atoms with Crippen LogP contribution in [0.4, 0.5) is 0 Å². The Morgan fingerprint density at radius 3 is 2.83 bits per heavy atom. The Labute approximate surface area is 115 Å². The van der Waals surface area contributed by atoms with Gasteiger partial charge in [-0.3, -0.25) is 0 Å². The van der Waals surface area contributed by atoms with Crippen molar-refractivity contribution in [2.45, 2.75) is 13.2 Å². The maximum atomic E-state index is 9.10. The van der Waals surface area contributed by atoms with E-state index in [0.29, 0.717) is 28.7 Å². The second-order valence-corrected chi connectivity index (χ2v) is 5.07. The summed E-state index contributed by atoms with van der Waals surface area (Å²) in [7, 11) is 1.55. The van der Waals surface area contributed by atoms with Gasteiger partial charge in [0.05, 0.1) is 18.7 Å². The van der Waals surface area contributed by atoms with Gasteiger partial charge in [0.2, 0.25) is 0 Å². The minimum absolute atomic E-state index is 0.0821. The minimum atomic E-state index is -0.0821. The Bertz CT molecular complexity index is 511. The van der Waals surface area contributed by atoms with Crippen LogP contribution in [0.2, 0.25) is 5.02 Å². The van der Waals surface area contributed by atoms with Crippen LogP contribution in [-0.4, -0.2) is 12.2 Å². The van der Waals surface area contributed by atoms with Crippen LogP contribution in [-0.2, 0) is 13.2 Å². The predicted octanol–water partition coefficient (Wildman–Crippen LogP) is 3.48. The second kappa shape index (κ2) is 6.09. The summed E-state index contributed by atoms with van der Waals surface area (Å²) in [6, 6.07) is 7.35. The summed E-state index contributed by atoms with van der Waals surface area (Å²) in [6.45, 7) is 0.369. The molecule has 18 heavy (non-hydrogen) atoms. The van der Waals surface area contributed by atoms with Gasteiger partial charge in [0, 0.05) is 4.88 Å². The van der Waals surface area contributed by atoms with Gasteiger partial charge in [0.25, 0.3) is 0 Å². The van der Waals surface area contributed by atoms with Crippen LogP contribution in [0.3, 0.4) is 0 Å². The highest BCUT2D eigenvalue weighted by molar-refractivity contribution is 7.09. The molecule has 1 N–H and O–H groups in total. The fourth-order valence-electron chi connectivity index (χ4n) is 1.54. The molecule has 0 aliphatic rings. The molecule has 0 fully saturated rings. The summed E-state index contributed by atoms with van der Waals surface area (Å²) in [4.78, 5) is 1.11. The molecule has 2 aromatic rings. The van der Waals surface area contributed by atoms with E-state index in [1.807, 2.05) is 17.5 Å². The molecule has 0 aliphatic heterocycles. The molecule has 0 saturated carbocycles. The Morgan fingerprint density at radius 2 is 2.22 bits per heavy atom. The smallest absolute Gasteiger partial charge is 0.180 e. The standard InChI is InChI=1S/C13H13ClO3S/c1-16-12-6-9(7-15)5-11(14)13(12)17-8-10-3-2-4-18-10/h2-6,15H,7-8H2,1H3. The van der Waals surface area contributed by atoms with Crippen LogP contribution < -0.4 is 9.47 Å². The number of aliphatic hydroxyl groups excluding tert-OH is 1. The molecule has 2 rings (SSSR count). The first kappa shape index (κ1) is 13.2. The van der Waals surface area contributed by atoms with Crippen LogP contribution in [0, 0.1) is 0 Å². The topological polar surface area (TPSA) is 38.7 Å². The molecule has 0 saturated heterocycles. The van der Waals surface area contributed by atoms with E-state index in [-0.39, 0.29) is 6.61 Å². The van der Waals surface area contributed by atoms with Crippen LogP contribution in [0.5, 0.6) is 11.5 Å². The van der Waals surface area contributed by atoms with Gasteiger partial charge in [-0.2, -0.15) is 0 Å². The first-order valence-electron chi connectivity index (χ1n) is 5.37. The molecule has 3 nitrogen and oxygen atoms in total. The highest BCUT2D eigenvalue weighted by Crippen LogP contribution is 2.37. The van der Waals surface area contributed by atoms with Crippen molar-refractivity contribution in [1.29, 1.82) is 0 Å². The number of ether oxygens (including phenoxy) is 2. The van der Waals surface area contributed by atoms with Crippen LogP contribution in [0.15, 0.2) is 29.6 Å². The molecular weight excluding hydrogens is 272 g/mol. The molecule has 0 unspecified atom stereocenters. The van der Waals surface area contributed by atoms with E-state index in [0.717, 1.165) is 4.88 Å². The normalized spacial score (nSPS) is 10.4. The number of thiophene rings is 1. The molecular formula is C13H13ClO3S. The van der Waals surface area contributed by atoms with E-state index in [2.05, 4.69) is 0 Å². The molecule has 0 bridgehead atoms. The SMILES string of the molecule is COc1cc(CO)cc(Cl)c1OCc1cccs1. The van der Waals surface area contributed by atoms with Crippen molar-refractivity contribution >= 4 is 22.9 Å². The van der Waals surface area contributed by atoms with E-state index in [4.69, 9.17) is 26.2 Å². The summed E-state index contributed by atoms with van der Waals surface area (Å²) in [5.41, 5.74) is 0.695. The van der Waals surface area contributed by atoms with E-state index in [1.54, 1.807) is 30.6 Å². The Balaban J connectivity index is 2.20. The van der Waals surface area contributed by atoms with Gasteiger partial charge in [-0.05, 0) is 29.1 Å². The number of hydrogen-bond acceptors (Lipinski definition) is 4. The Kier molecular flexibility index (Phi) is 4.47. The molecule has 1 aromatic carbocycles. The highest BCUT2D eigenvalue weighted by atomic mass is 35.5. The van der Waals surface area contributed by atoms with Gasteiger partial charge >= 0.3 is 0 Å². The predicted molar refractivity (Wildman–Crippen MR) is 72.6 cm³/mol. The van der Waals surface area contributed by atoms with Gasteiger partial charge in [-0.15, -0.1) is 11.3 Å². The van der Waals surface area contributed by atoms with Crippen molar-refractivity contribution in [2.75, 3.05) is 7.11 Å². The van der Waals surface area contributed by atoms with Crippen molar-refractivity contribution in [3.8, 4) is 11.5 Å². The highest BCUT2D eigenvalue weighted by Gasteiger charge is 2.12. The summed E-state index contributed by atoms with van der Waals surface area (Å²) in [5, 5.41) is 11.5. The lowest BCUT2D eigenvalue weighted by Gasteiger charge is -2.13. The minimum Gasteiger partial charge on any atom is -0.493 e. The average Bonchev–Trinajstić information content (AvgIpc) is 2.89. The number of halogens is 1. The van der Waals surface area contributed by atoms with Crippen molar-refractivity contribution in [2.24, 2.45) is 0 Å². The largest absolute Gasteiger partial charge is 0.493 e. The van der Waals surface area contributed by atoms with E-state index in [1.165, 1.54) is 0 Å². The van der Waals surface area contributed by atoms with Crippen LogP contribution in [0.1, 0.15) is 10.4 Å². The molecule has 1 aromatic heterocycles. The second-order valence-electron chi connectivity index (χ2n) is 3.64. The quantitative estimate of drug-likeness (QED) is 0.913. The van der Waals surface area contributed by atoms with Gasteiger partial charge in [0.1, 0.15) is 6.61 Å². The fraction of sp³-hybridized carbons (Fsp3) is 0.231. The maximum Gasteiger partial charge on any atom is 0.180 e. The lowest BCUT2D eigenvalue weighted by Crippen LogP contribution is -1.98. The monoisotopic (exact) mass is 284 g/mol. The Hall–Kier alpha value is -1.23. The van der Waals surface area contributed by atoms with Crippen LogP contribution >= 0.6 is 22.9 Å². The number of aliphatic hydroxyl groups is 1. The van der Waals surface area contributed by atoms with Crippen molar-refractivity contribution < 1.29 is 14.6 Å². The summed E-state index contributed by atoms with van der Waals surface area (Å²) in [6.07, 6.45) is 0.